The monoisotopic (exact) mass is 590 g/mol. The first-order chi connectivity index (χ1) is 20.4. The van der Waals surface area contributed by atoms with Crippen molar-refractivity contribution in [3.8, 4) is 17.0 Å². The van der Waals surface area contributed by atoms with Crippen LogP contribution in [-0.4, -0.2) is 71.0 Å². The Morgan fingerprint density at radius 3 is 2.21 bits per heavy atom. The highest BCUT2D eigenvalue weighted by Gasteiger charge is 2.25. The number of carbonyl (C=O) groups is 4. The minimum absolute atomic E-state index is 0.0112. The first-order valence-corrected chi connectivity index (χ1v) is 13.3. The molecule has 0 radical (unpaired) electrons. The van der Waals surface area contributed by atoms with Crippen molar-refractivity contribution in [1.82, 2.24) is 15.6 Å². The number of methoxy groups -OCH3 is 1. The molecule has 13 heteroatoms. The molecule has 0 saturated carbocycles. The van der Waals surface area contributed by atoms with Gasteiger partial charge in [-0.15, -0.1) is 0 Å². The molecule has 0 bridgehead atoms. The van der Waals surface area contributed by atoms with Gasteiger partial charge in [-0.05, 0) is 60.4 Å². The van der Waals surface area contributed by atoms with Gasteiger partial charge >= 0.3 is 5.97 Å². The minimum Gasteiger partial charge on any atom is -0.481 e. The average Bonchev–Trinajstić information content (AvgIpc) is 2.98. The predicted molar refractivity (Wildman–Crippen MR) is 159 cm³/mol. The lowest BCUT2D eigenvalue weighted by atomic mass is 9.95. The van der Waals surface area contributed by atoms with Crippen LogP contribution in [0.5, 0.6) is 5.88 Å². The summed E-state index contributed by atoms with van der Waals surface area (Å²) >= 11 is 0. The summed E-state index contributed by atoms with van der Waals surface area (Å²) in [6.07, 6.45) is 0.320. The smallest absolute Gasteiger partial charge is 0.336 e. The summed E-state index contributed by atoms with van der Waals surface area (Å²) in [5, 5.41) is 34.5. The second-order valence-corrected chi connectivity index (χ2v) is 9.93. The Morgan fingerprint density at radius 2 is 1.63 bits per heavy atom. The van der Waals surface area contributed by atoms with E-state index in [0.717, 1.165) is 6.07 Å². The Labute approximate surface area is 248 Å². The summed E-state index contributed by atoms with van der Waals surface area (Å²) in [4.78, 5) is 55.6. The minimum atomic E-state index is -1.36. The van der Waals surface area contributed by atoms with Crippen LogP contribution >= 0.6 is 0 Å². The molecule has 1 aromatic heterocycles. The van der Waals surface area contributed by atoms with Gasteiger partial charge in [-0.2, -0.15) is 0 Å². The summed E-state index contributed by atoms with van der Waals surface area (Å²) in [5.74, 6) is -3.11. The Kier molecular flexibility index (Phi) is 10.9. The fourth-order valence-corrected chi connectivity index (χ4v) is 4.21. The summed E-state index contributed by atoms with van der Waals surface area (Å²) < 4.78 is 5.18. The molecule has 0 aliphatic carbocycles. The Morgan fingerprint density at radius 1 is 0.977 bits per heavy atom. The predicted octanol–water partition coefficient (Wildman–Crippen LogP) is 2.24. The van der Waals surface area contributed by atoms with Crippen LogP contribution in [0.4, 0.5) is 5.69 Å². The molecule has 13 nitrogen and oxygen atoms in total. The fourth-order valence-electron chi connectivity index (χ4n) is 4.21. The Balaban J connectivity index is 1.98. The van der Waals surface area contributed by atoms with Gasteiger partial charge in [0.2, 0.25) is 11.8 Å². The van der Waals surface area contributed by atoms with E-state index in [1.165, 1.54) is 31.4 Å². The molecule has 3 aromatic rings. The number of nitrogens with zero attached hydrogens (tertiary/aromatic N) is 1. The molecule has 0 unspecified atom stereocenters. The van der Waals surface area contributed by atoms with Gasteiger partial charge in [0, 0.05) is 35.0 Å². The van der Waals surface area contributed by atoms with Crippen LogP contribution in [0.15, 0.2) is 54.6 Å². The lowest BCUT2D eigenvalue weighted by Crippen LogP contribution is -2.48. The van der Waals surface area contributed by atoms with Gasteiger partial charge in [-0.25, -0.2) is 9.78 Å². The molecule has 0 fully saturated rings. The number of aliphatic hydroxyl groups is 1. The van der Waals surface area contributed by atoms with Crippen molar-refractivity contribution in [2.75, 3.05) is 25.6 Å². The fraction of sp³-hybridized carbons (Fsp3) is 0.267. The number of aliphatic hydroxyl groups excluding tert-OH is 1. The van der Waals surface area contributed by atoms with Gasteiger partial charge in [0.1, 0.15) is 17.6 Å². The number of nitrogen functional groups attached to an aromatic ring is 1. The standard InChI is InChI=1S/C30H34N6O7/c1-16(2)14-23(28(39)33-12-13-37)35-27(38)18-6-9-20(22(15-18)30(41)42)21-10-11-24(43-3)36-25(21)29(40)34-19-7-4-17(5-8-19)26(31)32/h4-11,15-16,23,37H,12-14H2,1-3H3,(H3,31,32)(H,33,39)(H,34,40)(H,35,38)(H,41,42)/t23-/m0/s1. The number of carboxylic acids is 1. The molecule has 43 heavy (non-hydrogen) atoms. The van der Waals surface area contributed by atoms with E-state index in [0.29, 0.717) is 17.7 Å². The van der Waals surface area contributed by atoms with Gasteiger partial charge < -0.3 is 36.6 Å². The highest BCUT2D eigenvalue weighted by atomic mass is 16.5. The van der Waals surface area contributed by atoms with E-state index in [1.54, 1.807) is 24.3 Å². The maximum absolute atomic E-state index is 13.3. The highest BCUT2D eigenvalue weighted by molar-refractivity contribution is 6.10. The maximum atomic E-state index is 13.3. The van der Waals surface area contributed by atoms with Gasteiger partial charge in [0.05, 0.1) is 19.3 Å². The number of amidine groups is 1. The number of pyridine rings is 1. The number of amides is 3. The van der Waals surface area contributed by atoms with Crippen molar-refractivity contribution < 1.29 is 34.1 Å². The van der Waals surface area contributed by atoms with Crippen molar-refractivity contribution in [3.63, 3.8) is 0 Å². The van der Waals surface area contributed by atoms with E-state index in [1.807, 2.05) is 13.8 Å². The Hall–Kier alpha value is -5.30. The number of benzene rings is 2. The van der Waals surface area contributed by atoms with Crippen molar-refractivity contribution in [3.05, 3.63) is 77.0 Å². The van der Waals surface area contributed by atoms with E-state index in [9.17, 15) is 24.3 Å². The first kappa shape index (κ1) is 32.2. The van der Waals surface area contributed by atoms with Gasteiger partial charge in [-0.3, -0.25) is 19.8 Å². The van der Waals surface area contributed by atoms with E-state index < -0.39 is 29.7 Å². The number of carboxylic acid groups (broad SMARTS) is 1. The molecule has 3 amide bonds. The zero-order chi connectivity index (χ0) is 31.7. The summed E-state index contributed by atoms with van der Waals surface area (Å²) in [5.41, 5.74) is 6.21. The number of nitrogens with one attached hydrogen (secondary N) is 4. The average molecular weight is 591 g/mol. The zero-order valence-corrected chi connectivity index (χ0v) is 23.9. The van der Waals surface area contributed by atoms with Crippen LogP contribution in [0.1, 0.15) is 57.0 Å². The lowest BCUT2D eigenvalue weighted by Gasteiger charge is -2.20. The molecule has 0 aliphatic heterocycles. The number of hydrogen-bond donors (Lipinski definition) is 7. The van der Waals surface area contributed by atoms with Crippen LogP contribution in [0, 0.1) is 11.3 Å². The molecule has 2 aromatic carbocycles. The van der Waals surface area contributed by atoms with Crippen LogP contribution in [-0.2, 0) is 4.79 Å². The number of anilines is 1. The van der Waals surface area contributed by atoms with Crippen molar-refractivity contribution in [2.45, 2.75) is 26.3 Å². The number of aromatic nitrogens is 1. The summed E-state index contributed by atoms with van der Waals surface area (Å²) in [6.45, 7) is 3.53. The topological polar surface area (TPSA) is 217 Å². The Bertz CT molecular complexity index is 1520. The number of aromatic carboxylic acids is 1. The van der Waals surface area contributed by atoms with Crippen molar-refractivity contribution in [2.24, 2.45) is 11.7 Å². The van der Waals surface area contributed by atoms with E-state index >= 15 is 0 Å². The zero-order valence-electron chi connectivity index (χ0n) is 23.9. The third kappa shape index (κ3) is 8.36. The molecule has 0 saturated heterocycles. The third-order valence-electron chi connectivity index (χ3n) is 6.29. The van der Waals surface area contributed by atoms with Crippen molar-refractivity contribution in [1.29, 1.82) is 5.41 Å². The lowest BCUT2D eigenvalue weighted by molar-refractivity contribution is -0.123. The normalized spacial score (nSPS) is 11.4. The second-order valence-electron chi connectivity index (χ2n) is 9.93. The number of rotatable bonds is 13. The maximum Gasteiger partial charge on any atom is 0.336 e. The van der Waals surface area contributed by atoms with Gasteiger partial charge in [0.15, 0.2) is 0 Å². The van der Waals surface area contributed by atoms with Crippen LogP contribution in [0.3, 0.4) is 0 Å². The molecule has 8 N–H and O–H groups in total. The van der Waals surface area contributed by atoms with E-state index in [2.05, 4.69) is 20.9 Å². The number of hydrogen-bond acceptors (Lipinski definition) is 8. The second kappa shape index (κ2) is 14.5. The summed E-state index contributed by atoms with van der Waals surface area (Å²) in [6, 6.07) is 12.2. The van der Waals surface area contributed by atoms with E-state index in [-0.39, 0.29) is 58.7 Å². The summed E-state index contributed by atoms with van der Waals surface area (Å²) in [7, 11) is 1.37. The molecule has 1 heterocycles. The number of carbonyl (C=O) groups excluding carboxylic acids is 3. The number of nitrogens with two attached hydrogens (primary N) is 1. The van der Waals surface area contributed by atoms with E-state index in [4.69, 9.17) is 21.0 Å². The quantitative estimate of drug-likeness (QED) is 0.115. The van der Waals surface area contributed by atoms with Gasteiger partial charge in [0.25, 0.3) is 11.8 Å². The van der Waals surface area contributed by atoms with Crippen molar-refractivity contribution >= 4 is 35.2 Å². The molecule has 0 spiro atoms. The molecule has 1 atom stereocenters. The molecule has 0 aliphatic rings. The van der Waals surface area contributed by atoms with Crippen LogP contribution in [0.25, 0.3) is 11.1 Å². The highest BCUT2D eigenvalue weighted by Crippen LogP contribution is 2.30. The molecule has 226 valence electrons. The molecular weight excluding hydrogens is 556 g/mol. The third-order valence-corrected chi connectivity index (χ3v) is 6.29. The SMILES string of the molecule is COc1ccc(-c2ccc(C(=O)N[C@@H](CC(C)C)C(=O)NCCO)cc2C(=O)O)c(C(=O)Nc2ccc(C(=N)N)cc2)n1. The molecule has 3 rings (SSSR count). The largest absolute Gasteiger partial charge is 0.481 e. The number of ether oxygens (including phenoxy) is 1. The molecular formula is C30H34N6O7. The van der Waals surface area contributed by atoms with Gasteiger partial charge in [-0.1, -0.05) is 19.9 Å². The van der Waals surface area contributed by atoms with Crippen LogP contribution < -0.4 is 26.4 Å². The van der Waals surface area contributed by atoms with Crippen LogP contribution in [0.2, 0.25) is 0 Å². The first-order valence-electron chi connectivity index (χ1n) is 13.3.